The van der Waals surface area contributed by atoms with Crippen LogP contribution in [0.2, 0.25) is 0 Å². The first-order valence-corrected chi connectivity index (χ1v) is 6.08. The van der Waals surface area contributed by atoms with Crippen LogP contribution in [0.15, 0.2) is 0 Å². The molecule has 1 aliphatic carbocycles. The summed E-state index contributed by atoms with van der Waals surface area (Å²) in [6.45, 7) is 5.50. The van der Waals surface area contributed by atoms with Crippen LogP contribution in [0, 0.1) is 5.92 Å². The lowest BCUT2D eigenvalue weighted by Gasteiger charge is -2.26. The largest absolute Gasteiger partial charge is 0.393 e. The predicted molar refractivity (Wildman–Crippen MR) is 61.7 cm³/mol. The van der Waals surface area contributed by atoms with Gasteiger partial charge >= 0.3 is 0 Å². The molecule has 2 unspecified atom stereocenters. The SMILES string of the molecule is CC(C)(O)CCNCC1CCCC(O)C1. The smallest absolute Gasteiger partial charge is 0.0603 e. The van der Waals surface area contributed by atoms with E-state index in [1.165, 1.54) is 6.42 Å². The zero-order chi connectivity index (χ0) is 11.3. The Morgan fingerprint density at radius 2 is 2.07 bits per heavy atom. The summed E-state index contributed by atoms with van der Waals surface area (Å²) in [6.07, 6.45) is 4.99. The fraction of sp³-hybridized carbons (Fsp3) is 1.00. The second-order valence-corrected chi connectivity index (χ2v) is 5.45. The van der Waals surface area contributed by atoms with Gasteiger partial charge in [0.05, 0.1) is 11.7 Å². The number of aliphatic hydroxyl groups excluding tert-OH is 1. The molecule has 3 nitrogen and oxygen atoms in total. The minimum absolute atomic E-state index is 0.0835. The summed E-state index contributed by atoms with van der Waals surface area (Å²) >= 11 is 0. The number of hydrogen-bond acceptors (Lipinski definition) is 3. The Morgan fingerprint density at radius 3 is 2.67 bits per heavy atom. The first-order chi connectivity index (χ1) is 6.97. The van der Waals surface area contributed by atoms with Gasteiger partial charge in [0.1, 0.15) is 0 Å². The van der Waals surface area contributed by atoms with Gasteiger partial charge in [-0.15, -0.1) is 0 Å². The van der Waals surface area contributed by atoms with Crippen molar-refractivity contribution in [3.05, 3.63) is 0 Å². The molecule has 0 spiro atoms. The van der Waals surface area contributed by atoms with Crippen molar-refractivity contribution in [3.8, 4) is 0 Å². The average molecular weight is 215 g/mol. The molecular weight excluding hydrogens is 190 g/mol. The van der Waals surface area contributed by atoms with Crippen LogP contribution >= 0.6 is 0 Å². The third-order valence-electron chi connectivity index (χ3n) is 3.10. The number of rotatable bonds is 5. The Bertz CT molecular complexity index is 177. The van der Waals surface area contributed by atoms with E-state index >= 15 is 0 Å². The Hall–Kier alpha value is -0.120. The molecule has 0 aromatic carbocycles. The van der Waals surface area contributed by atoms with E-state index in [-0.39, 0.29) is 6.10 Å². The third kappa shape index (κ3) is 6.13. The lowest BCUT2D eigenvalue weighted by atomic mass is 9.87. The quantitative estimate of drug-likeness (QED) is 0.606. The van der Waals surface area contributed by atoms with Crippen molar-refractivity contribution < 1.29 is 10.2 Å². The van der Waals surface area contributed by atoms with Gasteiger partial charge in [-0.2, -0.15) is 0 Å². The molecule has 0 aliphatic heterocycles. The van der Waals surface area contributed by atoms with Gasteiger partial charge in [0.25, 0.3) is 0 Å². The molecule has 1 rings (SSSR count). The Kier molecular flexibility index (Phi) is 5.03. The molecule has 0 bridgehead atoms. The Labute approximate surface area is 92.9 Å². The van der Waals surface area contributed by atoms with E-state index in [0.29, 0.717) is 5.92 Å². The van der Waals surface area contributed by atoms with Gasteiger partial charge in [-0.1, -0.05) is 6.42 Å². The van der Waals surface area contributed by atoms with E-state index in [1.54, 1.807) is 0 Å². The first kappa shape index (κ1) is 12.9. The van der Waals surface area contributed by atoms with Gasteiger partial charge < -0.3 is 15.5 Å². The van der Waals surface area contributed by atoms with Crippen LogP contribution in [-0.2, 0) is 0 Å². The predicted octanol–water partition coefficient (Wildman–Crippen LogP) is 1.29. The zero-order valence-electron chi connectivity index (χ0n) is 10.00. The second-order valence-electron chi connectivity index (χ2n) is 5.45. The number of aliphatic hydroxyl groups is 2. The highest BCUT2D eigenvalue weighted by atomic mass is 16.3. The minimum atomic E-state index is -0.570. The monoisotopic (exact) mass is 215 g/mol. The molecule has 0 heterocycles. The molecule has 0 amide bonds. The highest BCUT2D eigenvalue weighted by Gasteiger charge is 2.19. The maximum Gasteiger partial charge on any atom is 0.0603 e. The highest BCUT2D eigenvalue weighted by Crippen LogP contribution is 2.23. The van der Waals surface area contributed by atoms with Crippen LogP contribution in [0.4, 0.5) is 0 Å². The van der Waals surface area contributed by atoms with Crippen molar-refractivity contribution in [2.24, 2.45) is 5.92 Å². The van der Waals surface area contributed by atoms with E-state index in [1.807, 2.05) is 13.8 Å². The van der Waals surface area contributed by atoms with E-state index in [0.717, 1.165) is 38.8 Å². The van der Waals surface area contributed by atoms with Crippen molar-refractivity contribution in [2.75, 3.05) is 13.1 Å². The van der Waals surface area contributed by atoms with Crippen LogP contribution in [0.5, 0.6) is 0 Å². The molecule has 3 N–H and O–H groups in total. The lowest BCUT2D eigenvalue weighted by molar-refractivity contribution is 0.0691. The van der Waals surface area contributed by atoms with Crippen molar-refractivity contribution in [1.82, 2.24) is 5.32 Å². The van der Waals surface area contributed by atoms with Gasteiger partial charge in [0.2, 0.25) is 0 Å². The van der Waals surface area contributed by atoms with Crippen LogP contribution in [0.3, 0.4) is 0 Å². The maximum atomic E-state index is 9.52. The summed E-state index contributed by atoms with van der Waals surface area (Å²) in [5.74, 6) is 0.621. The van der Waals surface area contributed by atoms with E-state index in [4.69, 9.17) is 0 Å². The molecular formula is C12H25NO2. The molecule has 3 heteroatoms. The van der Waals surface area contributed by atoms with Crippen molar-refractivity contribution in [2.45, 2.75) is 57.7 Å². The fourth-order valence-electron chi connectivity index (χ4n) is 2.15. The summed E-state index contributed by atoms with van der Waals surface area (Å²) < 4.78 is 0. The first-order valence-electron chi connectivity index (χ1n) is 6.08. The molecule has 0 aromatic heterocycles. The highest BCUT2D eigenvalue weighted by molar-refractivity contribution is 4.74. The summed E-state index contributed by atoms with van der Waals surface area (Å²) in [7, 11) is 0. The summed E-state index contributed by atoms with van der Waals surface area (Å²) in [6, 6.07) is 0. The average Bonchev–Trinajstić information content (AvgIpc) is 2.11. The lowest BCUT2D eigenvalue weighted by Crippen LogP contribution is -2.32. The zero-order valence-corrected chi connectivity index (χ0v) is 10.00. The number of hydrogen-bond donors (Lipinski definition) is 3. The molecule has 2 atom stereocenters. The summed E-state index contributed by atoms with van der Waals surface area (Å²) in [5.41, 5.74) is -0.570. The standard InChI is InChI=1S/C12H25NO2/c1-12(2,15)6-7-13-9-10-4-3-5-11(14)8-10/h10-11,13-15H,3-9H2,1-2H3. The molecule has 90 valence electrons. The van der Waals surface area contributed by atoms with Gasteiger partial charge in [-0.25, -0.2) is 0 Å². The van der Waals surface area contributed by atoms with Crippen LogP contribution in [0.25, 0.3) is 0 Å². The van der Waals surface area contributed by atoms with Crippen molar-refractivity contribution in [3.63, 3.8) is 0 Å². The fourth-order valence-corrected chi connectivity index (χ4v) is 2.15. The van der Waals surface area contributed by atoms with E-state index in [2.05, 4.69) is 5.32 Å². The molecule has 0 radical (unpaired) electrons. The van der Waals surface area contributed by atoms with Crippen LogP contribution < -0.4 is 5.32 Å². The molecule has 1 fully saturated rings. The minimum Gasteiger partial charge on any atom is -0.393 e. The van der Waals surface area contributed by atoms with Crippen LogP contribution in [-0.4, -0.2) is 35.0 Å². The molecule has 1 saturated carbocycles. The summed E-state index contributed by atoms with van der Waals surface area (Å²) in [5, 5.41) is 22.4. The van der Waals surface area contributed by atoms with Crippen LogP contribution in [0.1, 0.15) is 46.0 Å². The van der Waals surface area contributed by atoms with E-state index in [9.17, 15) is 10.2 Å². The second kappa shape index (κ2) is 5.83. The third-order valence-corrected chi connectivity index (χ3v) is 3.10. The topological polar surface area (TPSA) is 52.5 Å². The van der Waals surface area contributed by atoms with Crippen molar-refractivity contribution in [1.29, 1.82) is 0 Å². The Morgan fingerprint density at radius 1 is 1.33 bits per heavy atom. The summed E-state index contributed by atoms with van der Waals surface area (Å²) in [4.78, 5) is 0. The van der Waals surface area contributed by atoms with Gasteiger partial charge in [-0.3, -0.25) is 0 Å². The number of nitrogens with one attached hydrogen (secondary N) is 1. The van der Waals surface area contributed by atoms with Crippen molar-refractivity contribution >= 4 is 0 Å². The Balaban J connectivity index is 2.04. The van der Waals surface area contributed by atoms with Gasteiger partial charge in [0.15, 0.2) is 0 Å². The van der Waals surface area contributed by atoms with E-state index < -0.39 is 5.60 Å². The molecule has 15 heavy (non-hydrogen) atoms. The normalized spacial score (nSPS) is 28.0. The molecule has 0 saturated heterocycles. The maximum absolute atomic E-state index is 9.52. The van der Waals surface area contributed by atoms with Gasteiger partial charge in [0, 0.05) is 0 Å². The molecule has 0 aromatic rings. The van der Waals surface area contributed by atoms with Gasteiger partial charge in [-0.05, 0) is 58.5 Å². The molecule has 1 aliphatic rings.